The maximum absolute atomic E-state index is 12.3. The fourth-order valence-corrected chi connectivity index (χ4v) is 3.74. The van der Waals surface area contributed by atoms with Gasteiger partial charge in [-0.2, -0.15) is 0 Å². The van der Waals surface area contributed by atoms with Crippen molar-refractivity contribution in [2.45, 2.75) is 45.1 Å². The van der Waals surface area contributed by atoms with Crippen LogP contribution in [0.4, 0.5) is 0 Å². The first-order valence-electron chi connectivity index (χ1n) is 11.1. The van der Waals surface area contributed by atoms with Crippen LogP contribution in [0.25, 0.3) is 0 Å². The second-order valence-electron chi connectivity index (χ2n) is 7.97. The van der Waals surface area contributed by atoms with Crippen molar-refractivity contribution in [2.24, 2.45) is 0 Å². The number of carbonyl (C=O) groups excluding carboxylic acids is 2. The standard InChI is InChI=1S/C25H33N3O2/c29-24(15-12-21-8-2-1-3-9-21)27-20-22-10-13-23(14-11-22)25(30)26-16-4-5-17-28-18-6-7-19-28/h1-3,8-11,13-14H,4-7,12,15-20H2,(H,26,30)(H,27,29). The van der Waals surface area contributed by atoms with Gasteiger partial charge in [0.05, 0.1) is 0 Å². The number of unbranched alkanes of at least 4 members (excludes halogenated alkanes) is 1. The number of aryl methyl sites for hydroxylation is 1. The molecular formula is C25H33N3O2. The molecule has 0 bridgehead atoms. The smallest absolute Gasteiger partial charge is 0.251 e. The third-order valence-corrected chi connectivity index (χ3v) is 5.57. The molecule has 1 aliphatic heterocycles. The number of amides is 2. The van der Waals surface area contributed by atoms with Gasteiger partial charge in [0.25, 0.3) is 5.91 Å². The largest absolute Gasteiger partial charge is 0.352 e. The van der Waals surface area contributed by atoms with Crippen LogP contribution in [0.2, 0.25) is 0 Å². The molecule has 0 radical (unpaired) electrons. The van der Waals surface area contributed by atoms with Crippen molar-refractivity contribution in [3.8, 4) is 0 Å². The lowest BCUT2D eigenvalue weighted by Crippen LogP contribution is -2.26. The molecule has 1 fully saturated rings. The van der Waals surface area contributed by atoms with Crippen molar-refractivity contribution in [1.29, 1.82) is 0 Å². The first-order valence-corrected chi connectivity index (χ1v) is 11.1. The third kappa shape index (κ3) is 7.64. The van der Waals surface area contributed by atoms with Gasteiger partial charge in [0.2, 0.25) is 5.91 Å². The van der Waals surface area contributed by atoms with Crippen LogP contribution < -0.4 is 10.6 Å². The number of carbonyl (C=O) groups is 2. The highest BCUT2D eigenvalue weighted by Crippen LogP contribution is 2.08. The number of rotatable bonds is 11. The van der Waals surface area contributed by atoms with Gasteiger partial charge in [0.1, 0.15) is 0 Å². The molecule has 0 atom stereocenters. The van der Waals surface area contributed by atoms with Crippen LogP contribution in [0.15, 0.2) is 54.6 Å². The summed E-state index contributed by atoms with van der Waals surface area (Å²) < 4.78 is 0. The van der Waals surface area contributed by atoms with Crippen LogP contribution in [0.1, 0.15) is 53.6 Å². The van der Waals surface area contributed by atoms with Crippen LogP contribution in [-0.4, -0.2) is 42.9 Å². The zero-order valence-electron chi connectivity index (χ0n) is 17.7. The van der Waals surface area contributed by atoms with Crippen molar-refractivity contribution < 1.29 is 9.59 Å². The second kappa shape index (κ2) is 12.1. The Morgan fingerprint density at radius 3 is 2.30 bits per heavy atom. The van der Waals surface area contributed by atoms with Crippen LogP contribution in [0, 0.1) is 0 Å². The van der Waals surface area contributed by atoms with Gasteiger partial charge < -0.3 is 15.5 Å². The number of hydrogen-bond acceptors (Lipinski definition) is 3. The minimum absolute atomic E-state index is 0.0328. The average molecular weight is 408 g/mol. The van der Waals surface area contributed by atoms with E-state index in [0.29, 0.717) is 25.1 Å². The van der Waals surface area contributed by atoms with E-state index in [4.69, 9.17) is 0 Å². The Morgan fingerprint density at radius 2 is 1.57 bits per heavy atom. The lowest BCUT2D eigenvalue weighted by atomic mass is 10.1. The molecule has 0 aliphatic carbocycles. The summed E-state index contributed by atoms with van der Waals surface area (Å²) in [6.45, 7) is 4.79. The highest BCUT2D eigenvalue weighted by atomic mass is 16.2. The fraction of sp³-hybridized carbons (Fsp3) is 0.440. The zero-order valence-corrected chi connectivity index (χ0v) is 17.7. The molecule has 3 rings (SSSR count). The molecule has 160 valence electrons. The molecular weight excluding hydrogens is 374 g/mol. The molecule has 2 amide bonds. The SMILES string of the molecule is O=C(CCc1ccccc1)NCc1ccc(C(=O)NCCCCN2CCCC2)cc1. The summed E-state index contributed by atoms with van der Waals surface area (Å²) in [7, 11) is 0. The Kier molecular flexibility index (Phi) is 8.91. The summed E-state index contributed by atoms with van der Waals surface area (Å²) in [5.74, 6) is 0.00391. The molecule has 0 aromatic heterocycles. The van der Waals surface area contributed by atoms with E-state index in [9.17, 15) is 9.59 Å². The van der Waals surface area contributed by atoms with E-state index in [-0.39, 0.29) is 11.8 Å². The summed E-state index contributed by atoms with van der Waals surface area (Å²) in [5, 5.41) is 5.94. The Balaban J connectivity index is 1.30. The highest BCUT2D eigenvalue weighted by molar-refractivity contribution is 5.94. The van der Waals surface area contributed by atoms with E-state index in [2.05, 4.69) is 15.5 Å². The van der Waals surface area contributed by atoms with Crippen LogP contribution >= 0.6 is 0 Å². The first-order chi connectivity index (χ1) is 14.7. The molecule has 1 heterocycles. The summed E-state index contributed by atoms with van der Waals surface area (Å²) in [6, 6.07) is 17.5. The molecule has 0 unspecified atom stereocenters. The fourth-order valence-electron chi connectivity index (χ4n) is 3.74. The summed E-state index contributed by atoms with van der Waals surface area (Å²) in [4.78, 5) is 26.8. The molecule has 0 saturated carbocycles. The highest BCUT2D eigenvalue weighted by Gasteiger charge is 2.10. The van der Waals surface area contributed by atoms with Crippen LogP contribution in [0.3, 0.4) is 0 Å². The summed E-state index contributed by atoms with van der Waals surface area (Å²) in [6.07, 6.45) is 6.00. The first kappa shape index (κ1) is 22.0. The van der Waals surface area contributed by atoms with Gasteiger partial charge in [-0.15, -0.1) is 0 Å². The molecule has 5 nitrogen and oxygen atoms in total. The second-order valence-corrected chi connectivity index (χ2v) is 7.97. The number of nitrogens with one attached hydrogen (secondary N) is 2. The van der Waals surface area contributed by atoms with Crippen molar-refractivity contribution in [1.82, 2.24) is 15.5 Å². The van der Waals surface area contributed by atoms with Crippen molar-refractivity contribution in [3.63, 3.8) is 0 Å². The Hall–Kier alpha value is -2.66. The lowest BCUT2D eigenvalue weighted by molar-refractivity contribution is -0.121. The van der Waals surface area contributed by atoms with Gasteiger partial charge in [-0.25, -0.2) is 0 Å². The van der Waals surface area contributed by atoms with Gasteiger partial charge in [-0.05, 0) is 75.0 Å². The van der Waals surface area contributed by atoms with Crippen molar-refractivity contribution in [2.75, 3.05) is 26.2 Å². The van der Waals surface area contributed by atoms with Crippen molar-refractivity contribution in [3.05, 3.63) is 71.3 Å². The van der Waals surface area contributed by atoms with E-state index in [1.807, 2.05) is 54.6 Å². The Labute approximate surface area is 179 Å². The molecule has 30 heavy (non-hydrogen) atoms. The summed E-state index contributed by atoms with van der Waals surface area (Å²) >= 11 is 0. The number of benzene rings is 2. The third-order valence-electron chi connectivity index (χ3n) is 5.57. The van der Waals surface area contributed by atoms with Crippen LogP contribution in [-0.2, 0) is 17.8 Å². The molecule has 2 N–H and O–H groups in total. The van der Waals surface area contributed by atoms with Gasteiger partial charge in [0.15, 0.2) is 0 Å². The average Bonchev–Trinajstić information content (AvgIpc) is 3.30. The maximum atomic E-state index is 12.3. The molecule has 0 spiro atoms. The molecule has 2 aromatic rings. The van der Waals surface area contributed by atoms with Crippen LogP contribution in [0.5, 0.6) is 0 Å². The van der Waals surface area contributed by atoms with E-state index in [1.165, 1.54) is 31.5 Å². The number of hydrogen-bond donors (Lipinski definition) is 2. The van der Waals surface area contributed by atoms with E-state index < -0.39 is 0 Å². The van der Waals surface area contributed by atoms with Gasteiger partial charge in [-0.3, -0.25) is 9.59 Å². The van der Waals surface area contributed by atoms with Crippen molar-refractivity contribution >= 4 is 11.8 Å². The topological polar surface area (TPSA) is 61.4 Å². The normalized spacial score (nSPS) is 13.9. The van der Waals surface area contributed by atoms with Gasteiger partial charge in [0, 0.05) is 25.1 Å². The van der Waals surface area contributed by atoms with Gasteiger partial charge >= 0.3 is 0 Å². The predicted molar refractivity (Wildman–Crippen MR) is 120 cm³/mol. The quantitative estimate of drug-likeness (QED) is 0.560. The number of nitrogens with zero attached hydrogens (tertiary/aromatic N) is 1. The summed E-state index contributed by atoms with van der Waals surface area (Å²) in [5.41, 5.74) is 2.82. The molecule has 1 aliphatic rings. The monoisotopic (exact) mass is 407 g/mol. The minimum atomic E-state index is -0.0328. The minimum Gasteiger partial charge on any atom is -0.352 e. The van der Waals surface area contributed by atoms with E-state index in [1.54, 1.807) is 0 Å². The predicted octanol–water partition coefficient (Wildman–Crippen LogP) is 3.54. The van der Waals surface area contributed by atoms with E-state index >= 15 is 0 Å². The maximum Gasteiger partial charge on any atom is 0.251 e. The van der Waals surface area contributed by atoms with Gasteiger partial charge in [-0.1, -0.05) is 42.5 Å². The Morgan fingerprint density at radius 1 is 0.833 bits per heavy atom. The zero-order chi connectivity index (χ0) is 21.0. The van der Waals surface area contributed by atoms with E-state index in [0.717, 1.165) is 31.4 Å². The number of likely N-dealkylation sites (tertiary alicyclic amines) is 1. The Bertz CT molecular complexity index is 784. The molecule has 1 saturated heterocycles. The lowest BCUT2D eigenvalue weighted by Gasteiger charge is -2.14. The molecule has 5 heteroatoms. The molecule has 2 aromatic carbocycles.